The Morgan fingerprint density at radius 3 is 2.79 bits per heavy atom. The molecule has 0 spiro atoms. The van der Waals surface area contributed by atoms with Crippen LogP contribution in [0.25, 0.3) is 0 Å². The highest BCUT2D eigenvalue weighted by molar-refractivity contribution is 5.73. The van der Waals surface area contributed by atoms with Gasteiger partial charge in [-0.05, 0) is 17.5 Å². The zero-order valence-electron chi connectivity index (χ0n) is 16.2. The van der Waals surface area contributed by atoms with Gasteiger partial charge < -0.3 is 19.7 Å². The molecule has 3 heterocycles. The van der Waals surface area contributed by atoms with Crippen molar-refractivity contribution in [3.63, 3.8) is 0 Å². The van der Waals surface area contributed by atoms with Crippen LogP contribution in [-0.4, -0.2) is 56.4 Å². The van der Waals surface area contributed by atoms with Crippen LogP contribution < -0.4 is 10.2 Å². The van der Waals surface area contributed by atoms with E-state index in [0.29, 0.717) is 6.61 Å². The third-order valence-corrected chi connectivity index (χ3v) is 5.28. The summed E-state index contributed by atoms with van der Waals surface area (Å²) in [6.07, 6.45) is 2.06. The minimum absolute atomic E-state index is 0.0569. The van der Waals surface area contributed by atoms with Crippen molar-refractivity contribution in [2.75, 3.05) is 56.8 Å². The second-order valence-corrected chi connectivity index (χ2v) is 7.24. The molecule has 4 rings (SSSR count). The number of ether oxygens (including phenoxy) is 2. The van der Waals surface area contributed by atoms with Gasteiger partial charge in [-0.2, -0.15) is 0 Å². The Bertz CT molecular complexity index is 780. The second kappa shape index (κ2) is 8.86. The number of methoxy groups -OCH3 is 1. The first-order valence-corrected chi connectivity index (χ1v) is 9.81. The van der Waals surface area contributed by atoms with Crippen LogP contribution in [0.1, 0.15) is 23.7 Å². The number of pyridine rings is 1. The molecule has 0 aliphatic carbocycles. The number of benzene rings is 1. The Balaban J connectivity index is 1.49. The number of hydrogen-bond donors (Lipinski definition) is 1. The monoisotopic (exact) mass is 386 g/mol. The summed E-state index contributed by atoms with van der Waals surface area (Å²) in [4.78, 5) is 8.81. The van der Waals surface area contributed by atoms with E-state index in [-0.39, 0.29) is 12.0 Å². The highest BCUT2D eigenvalue weighted by atomic mass is 19.1. The first-order valence-electron chi connectivity index (χ1n) is 9.81. The van der Waals surface area contributed by atoms with Gasteiger partial charge in [0, 0.05) is 46.0 Å². The summed E-state index contributed by atoms with van der Waals surface area (Å²) in [7, 11) is 1.70. The predicted molar refractivity (Wildman–Crippen MR) is 107 cm³/mol. The van der Waals surface area contributed by atoms with E-state index >= 15 is 0 Å². The van der Waals surface area contributed by atoms with Gasteiger partial charge in [0.2, 0.25) is 0 Å². The van der Waals surface area contributed by atoms with E-state index in [0.717, 1.165) is 62.9 Å². The van der Waals surface area contributed by atoms with E-state index in [1.54, 1.807) is 13.2 Å². The summed E-state index contributed by atoms with van der Waals surface area (Å²) >= 11 is 0. The zero-order chi connectivity index (χ0) is 19.3. The van der Waals surface area contributed by atoms with Crippen LogP contribution in [0.5, 0.6) is 0 Å². The normalized spacial score (nSPS) is 19.5. The molecule has 6 nitrogen and oxygen atoms in total. The van der Waals surface area contributed by atoms with Crippen LogP contribution in [0, 0.1) is 5.82 Å². The first kappa shape index (κ1) is 19.1. The molecule has 2 aromatic rings. The first-order chi connectivity index (χ1) is 13.7. The minimum Gasteiger partial charge on any atom is -0.385 e. The van der Waals surface area contributed by atoms with Gasteiger partial charge in [-0.15, -0.1) is 0 Å². The zero-order valence-corrected chi connectivity index (χ0v) is 16.2. The van der Waals surface area contributed by atoms with Gasteiger partial charge in [0.05, 0.1) is 25.1 Å². The van der Waals surface area contributed by atoms with Crippen molar-refractivity contribution in [1.29, 1.82) is 0 Å². The summed E-state index contributed by atoms with van der Waals surface area (Å²) < 4.78 is 24.4. The van der Waals surface area contributed by atoms with Gasteiger partial charge in [0.1, 0.15) is 12.0 Å². The smallest absolute Gasteiger partial charge is 0.151 e. The molecule has 0 bridgehead atoms. The molecule has 7 heteroatoms. The van der Waals surface area contributed by atoms with Crippen molar-refractivity contribution < 1.29 is 13.9 Å². The molecule has 150 valence electrons. The van der Waals surface area contributed by atoms with E-state index in [9.17, 15) is 4.39 Å². The van der Waals surface area contributed by atoms with Crippen molar-refractivity contribution in [2.45, 2.75) is 19.1 Å². The molecular formula is C21H27FN4O2. The second-order valence-electron chi connectivity index (χ2n) is 7.24. The third-order valence-electron chi connectivity index (χ3n) is 5.28. The predicted octanol–water partition coefficient (Wildman–Crippen LogP) is 3.02. The summed E-state index contributed by atoms with van der Waals surface area (Å²) in [5, 5.41) is 3.44. The van der Waals surface area contributed by atoms with Gasteiger partial charge in [0.15, 0.2) is 5.82 Å². The summed E-state index contributed by atoms with van der Waals surface area (Å²) in [5.41, 5.74) is 3.23. The average molecular weight is 386 g/mol. The van der Waals surface area contributed by atoms with Gasteiger partial charge >= 0.3 is 0 Å². The Morgan fingerprint density at radius 2 is 2.04 bits per heavy atom. The number of nitrogens with zero attached hydrogens (tertiary/aromatic N) is 3. The maximum atomic E-state index is 13.8. The third kappa shape index (κ3) is 4.27. The van der Waals surface area contributed by atoms with E-state index in [4.69, 9.17) is 9.47 Å². The van der Waals surface area contributed by atoms with Gasteiger partial charge in [-0.3, -0.25) is 4.90 Å². The molecule has 0 amide bonds. The number of rotatable bonds is 7. The summed E-state index contributed by atoms with van der Waals surface area (Å²) in [6, 6.07) is 10.2. The van der Waals surface area contributed by atoms with Crippen LogP contribution in [0.15, 0.2) is 36.5 Å². The Kier molecular flexibility index (Phi) is 6.04. The molecule has 1 aromatic heterocycles. The van der Waals surface area contributed by atoms with Crippen molar-refractivity contribution in [3.8, 4) is 0 Å². The van der Waals surface area contributed by atoms with Gasteiger partial charge in [-0.1, -0.05) is 24.3 Å². The number of morpholine rings is 1. The SMILES string of the molecule is COCCCN1c2cc(F)cnc2NC1c1ccc(CN2CCOCC2)cc1. The molecular weight excluding hydrogens is 359 g/mol. The van der Waals surface area contributed by atoms with Gasteiger partial charge in [-0.25, -0.2) is 9.37 Å². The lowest BCUT2D eigenvalue weighted by Crippen LogP contribution is -2.35. The van der Waals surface area contributed by atoms with Crippen LogP contribution >= 0.6 is 0 Å². The largest absolute Gasteiger partial charge is 0.385 e. The molecule has 28 heavy (non-hydrogen) atoms. The Hall–Kier alpha value is -2.22. The van der Waals surface area contributed by atoms with E-state index in [2.05, 4.69) is 44.4 Å². The number of hydrogen-bond acceptors (Lipinski definition) is 6. The summed E-state index contributed by atoms with van der Waals surface area (Å²) in [5.74, 6) is 0.403. The fraction of sp³-hybridized carbons (Fsp3) is 0.476. The minimum atomic E-state index is -0.321. The molecule has 1 atom stereocenters. The number of fused-ring (bicyclic) bond motifs is 1. The summed E-state index contributed by atoms with van der Waals surface area (Å²) in [6.45, 7) is 5.94. The maximum Gasteiger partial charge on any atom is 0.151 e. The standard InChI is InChI=1S/C21H27FN4O2/c1-27-10-2-7-26-19-13-18(22)14-23-20(19)24-21(26)17-5-3-16(4-6-17)15-25-8-11-28-12-9-25/h3-6,13-14,21H,2,7-12,15H2,1H3,(H,23,24). The highest BCUT2D eigenvalue weighted by Gasteiger charge is 2.31. The van der Waals surface area contributed by atoms with E-state index in [1.165, 1.54) is 11.8 Å². The molecule has 1 saturated heterocycles. The highest BCUT2D eigenvalue weighted by Crippen LogP contribution is 2.40. The topological polar surface area (TPSA) is 49.9 Å². The molecule has 2 aliphatic heterocycles. The number of nitrogens with one attached hydrogen (secondary N) is 1. The van der Waals surface area contributed by atoms with Crippen LogP contribution in [0.4, 0.5) is 15.9 Å². The molecule has 2 aliphatic rings. The molecule has 1 aromatic carbocycles. The molecule has 1 fully saturated rings. The van der Waals surface area contributed by atoms with E-state index < -0.39 is 0 Å². The Labute approximate surface area is 165 Å². The molecule has 0 radical (unpaired) electrons. The Morgan fingerprint density at radius 1 is 1.25 bits per heavy atom. The lowest BCUT2D eigenvalue weighted by atomic mass is 10.1. The van der Waals surface area contributed by atoms with Gasteiger partial charge in [0.25, 0.3) is 0 Å². The molecule has 1 unspecified atom stereocenters. The fourth-order valence-corrected chi connectivity index (χ4v) is 3.82. The van der Waals surface area contributed by atoms with Crippen LogP contribution in [-0.2, 0) is 16.0 Å². The number of halogens is 1. The van der Waals surface area contributed by atoms with Crippen LogP contribution in [0.2, 0.25) is 0 Å². The lowest BCUT2D eigenvalue weighted by molar-refractivity contribution is 0.0342. The van der Waals surface area contributed by atoms with E-state index in [1.807, 2.05) is 0 Å². The van der Waals surface area contributed by atoms with Crippen molar-refractivity contribution in [3.05, 3.63) is 53.5 Å². The van der Waals surface area contributed by atoms with Crippen LogP contribution in [0.3, 0.4) is 0 Å². The van der Waals surface area contributed by atoms with Crippen molar-refractivity contribution in [1.82, 2.24) is 9.88 Å². The lowest BCUT2D eigenvalue weighted by Gasteiger charge is -2.28. The molecule has 1 N–H and O–H groups in total. The average Bonchev–Trinajstić information content (AvgIpc) is 3.07. The quantitative estimate of drug-likeness (QED) is 0.739. The number of anilines is 2. The molecule has 0 saturated carbocycles. The fourth-order valence-electron chi connectivity index (χ4n) is 3.82. The number of aromatic nitrogens is 1. The maximum absolute atomic E-state index is 13.8. The van der Waals surface area contributed by atoms with Crippen molar-refractivity contribution in [2.24, 2.45) is 0 Å². The van der Waals surface area contributed by atoms with Crippen molar-refractivity contribution >= 4 is 11.5 Å².